The highest BCUT2D eigenvalue weighted by Gasteiger charge is 2.22. The first-order valence-corrected chi connectivity index (χ1v) is 4.67. The molecule has 0 aliphatic carbocycles. The molecule has 0 aromatic carbocycles. The highest BCUT2D eigenvalue weighted by atomic mass is 16.5. The molecule has 0 radical (unpaired) electrons. The largest absolute Gasteiger partial charge is 0.664 e. The Labute approximate surface area is 75.1 Å². The van der Waals surface area contributed by atoms with Gasteiger partial charge in [-0.3, -0.25) is 4.90 Å². The summed E-state index contributed by atoms with van der Waals surface area (Å²) in [7, 11) is 3.65. The van der Waals surface area contributed by atoms with Crippen molar-refractivity contribution in [1.29, 1.82) is 0 Å². The Kier molecular flexibility index (Phi) is 4.58. The maximum absolute atomic E-state index is 5.16. The van der Waals surface area contributed by atoms with Crippen LogP contribution in [0.4, 0.5) is 0 Å². The summed E-state index contributed by atoms with van der Waals surface area (Å²) in [6.45, 7) is 4.16. The molecule has 3 heteroatoms. The third-order valence-corrected chi connectivity index (χ3v) is 2.47. The zero-order chi connectivity index (χ0) is 8.81. The third-order valence-electron chi connectivity index (χ3n) is 2.47. The first-order valence-electron chi connectivity index (χ1n) is 4.67. The molecular weight excluding hydrogens is 152 g/mol. The van der Waals surface area contributed by atoms with Crippen molar-refractivity contribution < 1.29 is 4.74 Å². The fourth-order valence-corrected chi connectivity index (χ4v) is 1.80. The molecule has 1 rings (SSSR count). The van der Waals surface area contributed by atoms with Gasteiger partial charge in [0.15, 0.2) is 0 Å². The van der Waals surface area contributed by atoms with Crippen LogP contribution in [0.1, 0.15) is 12.8 Å². The smallest absolute Gasteiger partial charge is 0.0618 e. The number of hydrogen-bond donors (Lipinski definition) is 0. The van der Waals surface area contributed by atoms with Gasteiger partial charge in [0.1, 0.15) is 0 Å². The van der Waals surface area contributed by atoms with Crippen LogP contribution >= 0.6 is 0 Å². The normalized spacial score (nSPS) is 25.0. The average Bonchev–Trinajstić information content (AvgIpc) is 2.50. The van der Waals surface area contributed by atoms with Crippen molar-refractivity contribution in [3.63, 3.8) is 0 Å². The summed E-state index contributed by atoms with van der Waals surface area (Å²) in [5.74, 6) is 0. The minimum atomic E-state index is 0.650. The van der Waals surface area contributed by atoms with E-state index in [-0.39, 0.29) is 0 Å². The second-order valence-corrected chi connectivity index (χ2v) is 3.33. The van der Waals surface area contributed by atoms with Crippen LogP contribution in [-0.4, -0.2) is 51.3 Å². The molecule has 1 fully saturated rings. The number of rotatable bonds is 5. The fraction of sp³-hybridized carbons (Fsp3) is 1.00. The van der Waals surface area contributed by atoms with Crippen LogP contribution in [0.2, 0.25) is 0 Å². The first kappa shape index (κ1) is 9.96. The predicted octanol–water partition coefficient (Wildman–Crippen LogP) is 1.10. The van der Waals surface area contributed by atoms with Crippen LogP contribution in [-0.2, 0) is 4.74 Å². The molecule has 12 heavy (non-hydrogen) atoms. The Balaban J connectivity index is 2.20. The molecule has 0 spiro atoms. The van der Waals surface area contributed by atoms with Crippen LogP contribution in [0.5, 0.6) is 0 Å². The topological polar surface area (TPSA) is 26.6 Å². The second kappa shape index (κ2) is 5.51. The Morgan fingerprint density at radius 1 is 1.58 bits per heavy atom. The summed E-state index contributed by atoms with van der Waals surface area (Å²) in [5, 5.41) is 4.11. The third kappa shape index (κ3) is 2.73. The van der Waals surface area contributed by atoms with E-state index in [1.165, 1.54) is 19.4 Å². The number of hydrogen-bond acceptors (Lipinski definition) is 2. The monoisotopic (exact) mass is 171 g/mol. The van der Waals surface area contributed by atoms with Crippen LogP contribution in [0.3, 0.4) is 0 Å². The van der Waals surface area contributed by atoms with E-state index in [4.69, 9.17) is 4.74 Å². The van der Waals surface area contributed by atoms with Gasteiger partial charge in [-0.2, -0.15) is 7.05 Å². The second-order valence-electron chi connectivity index (χ2n) is 3.33. The molecule has 3 nitrogen and oxygen atoms in total. The van der Waals surface area contributed by atoms with Crippen LogP contribution in [0.25, 0.3) is 5.32 Å². The summed E-state index contributed by atoms with van der Waals surface area (Å²) < 4.78 is 5.16. The standard InChI is InChI=1S/C9H19N2O/c1-10-5-7-11-6-3-4-9(11)8-12-2/h9H,3-8H2,1-2H3/q-1/t9-/m0/s1. The number of likely N-dealkylation sites (N-methyl/N-ethyl adjacent to an activating group) is 1. The lowest BCUT2D eigenvalue weighted by molar-refractivity contribution is 0.118. The molecule has 0 N–H and O–H groups in total. The molecule has 1 atom stereocenters. The number of ether oxygens (including phenoxy) is 1. The van der Waals surface area contributed by atoms with Crippen molar-refractivity contribution in [2.75, 3.05) is 40.4 Å². The lowest BCUT2D eigenvalue weighted by atomic mass is 10.2. The maximum Gasteiger partial charge on any atom is 0.0618 e. The Morgan fingerprint density at radius 2 is 2.42 bits per heavy atom. The Bertz CT molecular complexity index is 119. The summed E-state index contributed by atoms with van der Waals surface area (Å²) in [6, 6.07) is 0.650. The van der Waals surface area contributed by atoms with Gasteiger partial charge < -0.3 is 10.1 Å². The van der Waals surface area contributed by atoms with E-state index in [0.29, 0.717) is 6.04 Å². The average molecular weight is 171 g/mol. The molecular formula is C9H19N2O-. The molecule has 0 aromatic rings. The molecule has 0 saturated carbocycles. The van der Waals surface area contributed by atoms with Crippen LogP contribution in [0.15, 0.2) is 0 Å². The molecule has 72 valence electrons. The van der Waals surface area contributed by atoms with Crippen molar-refractivity contribution >= 4 is 0 Å². The van der Waals surface area contributed by atoms with E-state index in [0.717, 1.165) is 19.7 Å². The van der Waals surface area contributed by atoms with Gasteiger partial charge in [0.05, 0.1) is 6.61 Å². The van der Waals surface area contributed by atoms with E-state index < -0.39 is 0 Å². The van der Waals surface area contributed by atoms with Gasteiger partial charge in [0.25, 0.3) is 0 Å². The predicted molar refractivity (Wildman–Crippen MR) is 50.6 cm³/mol. The first-order chi connectivity index (χ1) is 5.88. The summed E-state index contributed by atoms with van der Waals surface area (Å²) in [5.41, 5.74) is 0. The minimum Gasteiger partial charge on any atom is -0.664 e. The van der Waals surface area contributed by atoms with Gasteiger partial charge in [-0.1, -0.05) is 0 Å². The minimum absolute atomic E-state index is 0.650. The number of likely N-dealkylation sites (tertiary alicyclic amines) is 1. The van der Waals surface area contributed by atoms with E-state index in [1.807, 2.05) is 7.05 Å². The SMILES string of the molecule is C[N-]CCN1CCC[C@H]1COC. The molecule has 0 aromatic heterocycles. The van der Waals surface area contributed by atoms with Gasteiger partial charge >= 0.3 is 0 Å². The fourth-order valence-electron chi connectivity index (χ4n) is 1.80. The van der Waals surface area contributed by atoms with E-state index in [2.05, 4.69) is 10.2 Å². The molecule has 0 unspecified atom stereocenters. The summed E-state index contributed by atoms with van der Waals surface area (Å²) in [6.07, 6.45) is 2.61. The summed E-state index contributed by atoms with van der Waals surface area (Å²) >= 11 is 0. The van der Waals surface area contributed by atoms with Gasteiger partial charge in [-0.05, 0) is 25.9 Å². The van der Waals surface area contributed by atoms with Crippen molar-refractivity contribution in [3.05, 3.63) is 5.32 Å². The van der Waals surface area contributed by atoms with Crippen LogP contribution < -0.4 is 0 Å². The highest BCUT2D eigenvalue weighted by Crippen LogP contribution is 2.16. The Morgan fingerprint density at radius 3 is 3.08 bits per heavy atom. The quantitative estimate of drug-likeness (QED) is 0.619. The molecule has 0 bridgehead atoms. The number of methoxy groups -OCH3 is 1. The van der Waals surface area contributed by atoms with Crippen LogP contribution in [0, 0.1) is 0 Å². The highest BCUT2D eigenvalue weighted by molar-refractivity contribution is 4.82. The van der Waals surface area contributed by atoms with Gasteiger partial charge in [-0.15, -0.1) is 6.54 Å². The summed E-state index contributed by atoms with van der Waals surface area (Å²) in [4.78, 5) is 2.48. The number of nitrogens with zero attached hydrogens (tertiary/aromatic N) is 2. The van der Waals surface area contributed by atoms with E-state index in [9.17, 15) is 0 Å². The lowest BCUT2D eigenvalue weighted by Crippen LogP contribution is -2.34. The van der Waals surface area contributed by atoms with Gasteiger partial charge in [0, 0.05) is 13.2 Å². The van der Waals surface area contributed by atoms with Crippen molar-refractivity contribution in [2.24, 2.45) is 0 Å². The molecule has 1 heterocycles. The van der Waals surface area contributed by atoms with Gasteiger partial charge in [-0.25, -0.2) is 0 Å². The molecule has 1 aliphatic heterocycles. The van der Waals surface area contributed by atoms with Crippen molar-refractivity contribution in [1.82, 2.24) is 4.90 Å². The van der Waals surface area contributed by atoms with E-state index in [1.54, 1.807) is 7.11 Å². The van der Waals surface area contributed by atoms with Gasteiger partial charge in [0.2, 0.25) is 0 Å². The molecule has 1 saturated heterocycles. The zero-order valence-corrected chi connectivity index (χ0v) is 8.12. The van der Waals surface area contributed by atoms with Crippen molar-refractivity contribution in [3.8, 4) is 0 Å². The zero-order valence-electron chi connectivity index (χ0n) is 8.12. The Hall–Kier alpha value is -0.120. The van der Waals surface area contributed by atoms with E-state index >= 15 is 0 Å². The maximum atomic E-state index is 5.16. The molecule has 1 aliphatic rings. The molecule has 0 amide bonds. The lowest BCUT2D eigenvalue weighted by Gasteiger charge is -2.26. The van der Waals surface area contributed by atoms with Crippen molar-refractivity contribution in [2.45, 2.75) is 18.9 Å².